The topological polar surface area (TPSA) is 88.1 Å². The average molecular weight is 235 g/mol. The number of nitrogens with one attached hydrogen (secondary N) is 1. The molecule has 0 aliphatic carbocycles. The van der Waals surface area contributed by atoms with Crippen LogP contribution in [0, 0.1) is 5.41 Å². The molecule has 0 saturated carbocycles. The summed E-state index contributed by atoms with van der Waals surface area (Å²) in [7, 11) is 0. The first kappa shape index (κ1) is 11.8. The number of amidine groups is 1. The Morgan fingerprint density at radius 1 is 1.59 bits per heavy atom. The van der Waals surface area contributed by atoms with Gasteiger partial charge in [-0.05, 0) is 6.42 Å². The van der Waals surface area contributed by atoms with Crippen molar-refractivity contribution < 1.29 is 4.74 Å². The fraction of sp³-hybridized carbons (Fsp3) is 0.545. The Labute approximate surface area is 100 Å². The zero-order valence-corrected chi connectivity index (χ0v) is 9.89. The van der Waals surface area contributed by atoms with E-state index in [0.29, 0.717) is 24.7 Å². The van der Waals surface area contributed by atoms with E-state index in [1.54, 1.807) is 12.4 Å². The van der Waals surface area contributed by atoms with Crippen molar-refractivity contribution in [2.45, 2.75) is 19.4 Å². The van der Waals surface area contributed by atoms with Crippen LogP contribution in [0.25, 0.3) is 0 Å². The van der Waals surface area contributed by atoms with E-state index in [4.69, 9.17) is 15.9 Å². The number of aromatic nitrogens is 2. The monoisotopic (exact) mass is 235 g/mol. The van der Waals surface area contributed by atoms with Crippen molar-refractivity contribution in [1.29, 1.82) is 5.41 Å². The van der Waals surface area contributed by atoms with Crippen LogP contribution in [-0.4, -0.2) is 41.6 Å². The van der Waals surface area contributed by atoms with Crippen molar-refractivity contribution in [3.05, 3.63) is 18.1 Å². The molecule has 0 aromatic carbocycles. The second kappa shape index (κ2) is 5.09. The van der Waals surface area contributed by atoms with Crippen LogP contribution in [0.4, 0.5) is 5.82 Å². The molecule has 0 radical (unpaired) electrons. The van der Waals surface area contributed by atoms with Gasteiger partial charge in [-0.15, -0.1) is 0 Å². The van der Waals surface area contributed by atoms with Gasteiger partial charge in [0.1, 0.15) is 11.5 Å². The summed E-state index contributed by atoms with van der Waals surface area (Å²) in [6.45, 7) is 4.22. The first-order chi connectivity index (χ1) is 8.24. The molecule has 1 unspecified atom stereocenters. The lowest BCUT2D eigenvalue weighted by Crippen LogP contribution is -2.46. The van der Waals surface area contributed by atoms with Crippen LogP contribution in [0.3, 0.4) is 0 Å². The minimum Gasteiger partial charge on any atom is -0.382 e. The van der Waals surface area contributed by atoms with Crippen molar-refractivity contribution in [3.8, 4) is 0 Å². The van der Waals surface area contributed by atoms with Gasteiger partial charge in [-0.25, -0.2) is 9.97 Å². The number of ether oxygens (including phenoxy) is 1. The highest BCUT2D eigenvalue weighted by molar-refractivity contribution is 5.97. The first-order valence-electron chi connectivity index (χ1n) is 5.73. The number of nitrogens with zero attached hydrogens (tertiary/aromatic N) is 3. The molecule has 0 bridgehead atoms. The van der Waals surface area contributed by atoms with Crippen LogP contribution >= 0.6 is 0 Å². The fourth-order valence-corrected chi connectivity index (χ4v) is 2.00. The summed E-state index contributed by atoms with van der Waals surface area (Å²) in [6, 6.07) is 0.276. The summed E-state index contributed by atoms with van der Waals surface area (Å²) >= 11 is 0. The second-order valence-electron chi connectivity index (χ2n) is 3.97. The summed E-state index contributed by atoms with van der Waals surface area (Å²) < 4.78 is 5.45. The summed E-state index contributed by atoms with van der Waals surface area (Å²) in [5.41, 5.74) is 5.98. The van der Waals surface area contributed by atoms with Crippen LogP contribution < -0.4 is 10.6 Å². The molecule has 1 aliphatic heterocycles. The molecule has 0 spiro atoms. The molecule has 0 amide bonds. The van der Waals surface area contributed by atoms with E-state index in [2.05, 4.69) is 21.8 Å². The molecule has 1 aromatic heterocycles. The third-order valence-electron chi connectivity index (χ3n) is 2.90. The molecular formula is C11H17N5O. The molecule has 1 aliphatic rings. The fourth-order valence-electron chi connectivity index (χ4n) is 2.00. The molecule has 92 valence electrons. The van der Waals surface area contributed by atoms with E-state index >= 15 is 0 Å². The Hall–Kier alpha value is -1.69. The Kier molecular flexibility index (Phi) is 3.53. The van der Waals surface area contributed by atoms with Crippen LogP contribution in [-0.2, 0) is 4.74 Å². The predicted molar refractivity (Wildman–Crippen MR) is 65.3 cm³/mol. The van der Waals surface area contributed by atoms with Crippen LogP contribution in [0.2, 0.25) is 0 Å². The number of nitrogen functional groups attached to an aromatic ring is 1. The van der Waals surface area contributed by atoms with E-state index < -0.39 is 0 Å². The summed E-state index contributed by atoms with van der Waals surface area (Å²) in [5, 5.41) is 7.54. The van der Waals surface area contributed by atoms with E-state index in [1.165, 1.54) is 0 Å². The number of nitrogens with two attached hydrogens (primary N) is 1. The zero-order valence-electron chi connectivity index (χ0n) is 9.89. The SMILES string of the molecule is CCC1COCCN1c1nccnc1C(=N)N. The van der Waals surface area contributed by atoms with Gasteiger partial charge in [0.2, 0.25) is 0 Å². The summed E-state index contributed by atoms with van der Waals surface area (Å²) in [5.74, 6) is 0.643. The highest BCUT2D eigenvalue weighted by Gasteiger charge is 2.25. The highest BCUT2D eigenvalue weighted by atomic mass is 16.5. The smallest absolute Gasteiger partial charge is 0.158 e. The number of anilines is 1. The van der Waals surface area contributed by atoms with Gasteiger partial charge in [-0.1, -0.05) is 6.92 Å². The van der Waals surface area contributed by atoms with Gasteiger partial charge in [0.25, 0.3) is 0 Å². The number of hydrogen-bond acceptors (Lipinski definition) is 5. The predicted octanol–water partition coefficient (Wildman–Crippen LogP) is 0.376. The molecule has 17 heavy (non-hydrogen) atoms. The summed E-state index contributed by atoms with van der Waals surface area (Å²) in [6.07, 6.45) is 4.15. The van der Waals surface area contributed by atoms with Crippen molar-refractivity contribution in [1.82, 2.24) is 9.97 Å². The first-order valence-corrected chi connectivity index (χ1v) is 5.73. The van der Waals surface area contributed by atoms with Crippen LogP contribution in [0.5, 0.6) is 0 Å². The standard InChI is InChI=1S/C11H17N5O/c1-2-8-7-17-6-5-16(8)11-9(10(12)13)14-3-4-15-11/h3-4,8H,2,5-7H2,1H3,(H3,12,13). The van der Waals surface area contributed by atoms with Gasteiger partial charge >= 0.3 is 0 Å². The molecule has 1 aromatic rings. The minimum absolute atomic E-state index is 0.0468. The molecule has 2 heterocycles. The third kappa shape index (κ3) is 2.36. The molecule has 2 rings (SSSR count). The second-order valence-corrected chi connectivity index (χ2v) is 3.97. The largest absolute Gasteiger partial charge is 0.382 e. The molecule has 3 N–H and O–H groups in total. The quantitative estimate of drug-likeness (QED) is 0.584. The highest BCUT2D eigenvalue weighted by Crippen LogP contribution is 2.21. The Balaban J connectivity index is 2.34. The minimum atomic E-state index is -0.0468. The van der Waals surface area contributed by atoms with E-state index in [9.17, 15) is 0 Å². The van der Waals surface area contributed by atoms with Gasteiger partial charge in [-0.3, -0.25) is 5.41 Å². The van der Waals surface area contributed by atoms with E-state index in [1.807, 2.05) is 0 Å². The molecule has 1 fully saturated rings. The molecule has 6 nitrogen and oxygen atoms in total. The Morgan fingerprint density at radius 2 is 2.35 bits per heavy atom. The average Bonchev–Trinajstić information content (AvgIpc) is 2.38. The molecule has 1 saturated heterocycles. The van der Waals surface area contributed by atoms with Crippen molar-refractivity contribution in [2.24, 2.45) is 5.73 Å². The third-order valence-corrected chi connectivity index (χ3v) is 2.90. The van der Waals surface area contributed by atoms with Crippen molar-refractivity contribution in [2.75, 3.05) is 24.7 Å². The zero-order chi connectivity index (χ0) is 12.3. The maximum Gasteiger partial charge on any atom is 0.158 e. The van der Waals surface area contributed by atoms with Gasteiger partial charge in [0.05, 0.1) is 19.3 Å². The molecule has 1 atom stereocenters. The maximum absolute atomic E-state index is 7.54. The normalized spacial score (nSPS) is 20.3. The van der Waals surface area contributed by atoms with E-state index in [-0.39, 0.29) is 11.9 Å². The number of rotatable bonds is 3. The molecular weight excluding hydrogens is 218 g/mol. The Morgan fingerprint density at radius 3 is 3.06 bits per heavy atom. The maximum atomic E-state index is 7.54. The van der Waals surface area contributed by atoms with Gasteiger partial charge in [0, 0.05) is 18.9 Å². The van der Waals surface area contributed by atoms with Gasteiger partial charge in [0.15, 0.2) is 5.82 Å². The van der Waals surface area contributed by atoms with Gasteiger partial charge in [-0.2, -0.15) is 0 Å². The summed E-state index contributed by atoms with van der Waals surface area (Å²) in [4.78, 5) is 10.6. The molecule has 6 heteroatoms. The van der Waals surface area contributed by atoms with Crippen LogP contribution in [0.15, 0.2) is 12.4 Å². The lowest BCUT2D eigenvalue weighted by molar-refractivity contribution is 0.0925. The van der Waals surface area contributed by atoms with Gasteiger partial charge < -0.3 is 15.4 Å². The lowest BCUT2D eigenvalue weighted by atomic mass is 10.1. The van der Waals surface area contributed by atoms with Crippen LogP contribution in [0.1, 0.15) is 19.0 Å². The van der Waals surface area contributed by atoms with Crippen molar-refractivity contribution in [3.63, 3.8) is 0 Å². The Bertz CT molecular complexity index is 409. The lowest BCUT2D eigenvalue weighted by Gasteiger charge is -2.36. The van der Waals surface area contributed by atoms with E-state index in [0.717, 1.165) is 13.0 Å². The van der Waals surface area contributed by atoms with Crippen molar-refractivity contribution >= 4 is 11.7 Å². The number of morpholine rings is 1. The number of hydrogen-bond donors (Lipinski definition) is 2.